The molecular weight excluding hydrogens is 238 g/mol. The summed E-state index contributed by atoms with van der Waals surface area (Å²) < 4.78 is 0. The molecule has 1 saturated heterocycles. The zero-order chi connectivity index (χ0) is 12.4. The Bertz CT molecular complexity index is 467. The number of carbonyl (C=O) groups excluding carboxylic acids is 2. The van der Waals surface area contributed by atoms with Gasteiger partial charge in [0.05, 0.1) is 11.6 Å². The fourth-order valence-corrected chi connectivity index (χ4v) is 2.07. The van der Waals surface area contributed by atoms with Gasteiger partial charge in [-0.05, 0) is 30.7 Å². The van der Waals surface area contributed by atoms with Crippen LogP contribution in [-0.4, -0.2) is 11.8 Å². The second-order valence-corrected chi connectivity index (χ2v) is 4.41. The van der Waals surface area contributed by atoms with E-state index in [4.69, 9.17) is 11.6 Å². The standard InChI is InChI=1S/C13H12ClNO2/c1-2-3-9-8-12(16)15(13(9)17)11-6-4-10(14)5-7-11/h2,4-7,9H,1,3,8H2. The molecule has 17 heavy (non-hydrogen) atoms. The molecular formula is C13H12ClNO2. The highest BCUT2D eigenvalue weighted by Crippen LogP contribution is 2.29. The van der Waals surface area contributed by atoms with E-state index in [2.05, 4.69) is 6.58 Å². The number of hydrogen-bond donors (Lipinski definition) is 0. The van der Waals surface area contributed by atoms with Crippen LogP contribution in [0.5, 0.6) is 0 Å². The lowest BCUT2D eigenvalue weighted by Crippen LogP contribution is -2.30. The van der Waals surface area contributed by atoms with Crippen molar-refractivity contribution in [2.24, 2.45) is 5.92 Å². The molecule has 0 saturated carbocycles. The average Bonchev–Trinajstić information content (AvgIpc) is 2.57. The fraction of sp³-hybridized carbons (Fsp3) is 0.231. The lowest BCUT2D eigenvalue weighted by molar-refractivity contribution is -0.122. The van der Waals surface area contributed by atoms with Crippen LogP contribution >= 0.6 is 11.6 Å². The smallest absolute Gasteiger partial charge is 0.237 e. The minimum atomic E-state index is -0.268. The molecule has 1 aliphatic rings. The molecule has 3 nitrogen and oxygen atoms in total. The van der Waals surface area contributed by atoms with Gasteiger partial charge in [0.15, 0.2) is 0 Å². The summed E-state index contributed by atoms with van der Waals surface area (Å²) in [6, 6.07) is 6.68. The van der Waals surface area contributed by atoms with Crippen LogP contribution in [0, 0.1) is 5.92 Å². The van der Waals surface area contributed by atoms with E-state index in [0.29, 0.717) is 17.1 Å². The Morgan fingerprint density at radius 2 is 2.00 bits per heavy atom. The van der Waals surface area contributed by atoms with Crippen molar-refractivity contribution in [2.45, 2.75) is 12.8 Å². The quantitative estimate of drug-likeness (QED) is 0.610. The first-order valence-corrected chi connectivity index (χ1v) is 5.74. The van der Waals surface area contributed by atoms with E-state index in [-0.39, 0.29) is 24.2 Å². The van der Waals surface area contributed by atoms with E-state index in [1.807, 2.05) is 0 Å². The van der Waals surface area contributed by atoms with Gasteiger partial charge in [-0.25, -0.2) is 0 Å². The van der Waals surface area contributed by atoms with Gasteiger partial charge < -0.3 is 0 Å². The van der Waals surface area contributed by atoms with Gasteiger partial charge in [-0.1, -0.05) is 17.7 Å². The minimum absolute atomic E-state index is 0.155. The van der Waals surface area contributed by atoms with E-state index >= 15 is 0 Å². The Balaban J connectivity index is 2.27. The average molecular weight is 250 g/mol. The normalized spacial score (nSPS) is 19.8. The molecule has 0 radical (unpaired) electrons. The second-order valence-electron chi connectivity index (χ2n) is 3.97. The van der Waals surface area contributed by atoms with Crippen LogP contribution in [0.4, 0.5) is 5.69 Å². The molecule has 2 rings (SSSR count). The summed E-state index contributed by atoms with van der Waals surface area (Å²) in [6.07, 6.45) is 2.46. The third-order valence-electron chi connectivity index (χ3n) is 2.78. The van der Waals surface area contributed by atoms with E-state index < -0.39 is 0 Å². The second kappa shape index (κ2) is 4.72. The molecule has 0 aliphatic carbocycles. The number of imide groups is 1. The Labute approximate surface area is 105 Å². The fourth-order valence-electron chi connectivity index (χ4n) is 1.94. The van der Waals surface area contributed by atoms with Gasteiger partial charge in [-0.3, -0.25) is 14.5 Å². The molecule has 1 aromatic rings. The molecule has 1 fully saturated rings. The summed E-state index contributed by atoms with van der Waals surface area (Å²) in [5.74, 6) is -0.586. The van der Waals surface area contributed by atoms with Crippen molar-refractivity contribution in [3.05, 3.63) is 41.9 Å². The summed E-state index contributed by atoms with van der Waals surface area (Å²) in [5.41, 5.74) is 0.580. The van der Waals surface area contributed by atoms with Gasteiger partial charge in [-0.2, -0.15) is 0 Å². The van der Waals surface area contributed by atoms with E-state index in [1.54, 1.807) is 30.3 Å². The number of rotatable bonds is 3. The molecule has 0 spiro atoms. The number of nitrogens with zero attached hydrogens (tertiary/aromatic N) is 1. The van der Waals surface area contributed by atoms with Crippen LogP contribution in [0.25, 0.3) is 0 Å². The van der Waals surface area contributed by atoms with Crippen molar-refractivity contribution >= 4 is 29.1 Å². The third kappa shape index (κ3) is 2.24. The predicted molar refractivity (Wildman–Crippen MR) is 66.9 cm³/mol. The summed E-state index contributed by atoms with van der Waals surface area (Å²) >= 11 is 5.77. The van der Waals surface area contributed by atoms with Crippen molar-refractivity contribution in [2.75, 3.05) is 4.90 Å². The molecule has 1 atom stereocenters. The molecule has 4 heteroatoms. The first-order valence-electron chi connectivity index (χ1n) is 5.36. The van der Waals surface area contributed by atoms with Crippen LogP contribution in [0.2, 0.25) is 5.02 Å². The van der Waals surface area contributed by atoms with E-state index in [1.165, 1.54) is 4.90 Å². The van der Waals surface area contributed by atoms with Crippen molar-refractivity contribution in [3.8, 4) is 0 Å². The molecule has 0 aromatic heterocycles. The van der Waals surface area contributed by atoms with Crippen LogP contribution in [-0.2, 0) is 9.59 Å². The molecule has 88 valence electrons. The predicted octanol–water partition coefficient (Wildman–Crippen LogP) is 2.80. The molecule has 1 aliphatic heterocycles. The van der Waals surface area contributed by atoms with Crippen LogP contribution in [0.1, 0.15) is 12.8 Å². The van der Waals surface area contributed by atoms with E-state index in [0.717, 1.165) is 0 Å². The third-order valence-corrected chi connectivity index (χ3v) is 3.03. The maximum Gasteiger partial charge on any atom is 0.237 e. The number of amides is 2. The summed E-state index contributed by atoms with van der Waals surface area (Å²) in [7, 11) is 0. The Morgan fingerprint density at radius 3 is 2.59 bits per heavy atom. The van der Waals surface area contributed by atoms with Crippen LogP contribution < -0.4 is 4.90 Å². The number of anilines is 1. The van der Waals surface area contributed by atoms with Gasteiger partial charge in [0, 0.05) is 11.4 Å². The summed E-state index contributed by atoms with van der Waals surface area (Å²) in [5, 5.41) is 0.579. The topological polar surface area (TPSA) is 37.4 Å². The van der Waals surface area contributed by atoms with Crippen molar-refractivity contribution in [1.82, 2.24) is 0 Å². The van der Waals surface area contributed by atoms with Crippen molar-refractivity contribution in [1.29, 1.82) is 0 Å². The molecule has 1 unspecified atom stereocenters. The Kier molecular flexibility index (Phi) is 3.29. The SMILES string of the molecule is C=CCC1CC(=O)N(c2ccc(Cl)cc2)C1=O. The lowest BCUT2D eigenvalue weighted by atomic mass is 10.0. The zero-order valence-corrected chi connectivity index (χ0v) is 9.98. The molecule has 1 aromatic carbocycles. The highest BCUT2D eigenvalue weighted by atomic mass is 35.5. The number of halogens is 1. The lowest BCUT2D eigenvalue weighted by Gasteiger charge is -2.14. The van der Waals surface area contributed by atoms with Crippen LogP contribution in [0.15, 0.2) is 36.9 Å². The largest absolute Gasteiger partial charge is 0.274 e. The van der Waals surface area contributed by atoms with Gasteiger partial charge in [0.1, 0.15) is 0 Å². The number of hydrogen-bond acceptors (Lipinski definition) is 2. The van der Waals surface area contributed by atoms with Gasteiger partial charge in [-0.15, -0.1) is 6.58 Å². The van der Waals surface area contributed by atoms with Crippen LogP contribution in [0.3, 0.4) is 0 Å². The Morgan fingerprint density at radius 1 is 1.35 bits per heavy atom. The number of carbonyl (C=O) groups is 2. The first-order chi connectivity index (χ1) is 8.13. The molecule has 0 bridgehead atoms. The monoisotopic (exact) mass is 249 g/mol. The van der Waals surface area contributed by atoms with E-state index in [9.17, 15) is 9.59 Å². The van der Waals surface area contributed by atoms with Gasteiger partial charge >= 0.3 is 0 Å². The highest BCUT2D eigenvalue weighted by Gasteiger charge is 2.38. The van der Waals surface area contributed by atoms with Gasteiger partial charge in [0.2, 0.25) is 11.8 Å². The zero-order valence-electron chi connectivity index (χ0n) is 9.23. The number of benzene rings is 1. The number of allylic oxidation sites excluding steroid dienone is 1. The first kappa shape index (κ1) is 11.9. The summed E-state index contributed by atoms with van der Waals surface area (Å²) in [6.45, 7) is 3.59. The molecule has 1 heterocycles. The summed E-state index contributed by atoms with van der Waals surface area (Å²) in [4.78, 5) is 25.0. The van der Waals surface area contributed by atoms with Crippen molar-refractivity contribution in [3.63, 3.8) is 0 Å². The maximum absolute atomic E-state index is 12.0. The maximum atomic E-state index is 12.0. The van der Waals surface area contributed by atoms with Gasteiger partial charge in [0.25, 0.3) is 0 Å². The highest BCUT2D eigenvalue weighted by molar-refractivity contribution is 6.30. The van der Waals surface area contributed by atoms with Crippen molar-refractivity contribution < 1.29 is 9.59 Å². The Hall–Kier alpha value is -1.61. The molecule has 0 N–H and O–H groups in total. The molecule has 2 amide bonds. The minimum Gasteiger partial charge on any atom is -0.274 e.